The first-order valence-corrected chi connectivity index (χ1v) is 8.77. The van der Waals surface area contributed by atoms with Gasteiger partial charge >= 0.3 is 0 Å². The van der Waals surface area contributed by atoms with E-state index in [1.807, 2.05) is 62.4 Å². The standard InChI is InChI=1S/C20H16BrN3O/c1-12-5-3-6-14(9-12)17-11-18(25)24-20(22-17)19(13(2)23-24)15-7-4-8-16(21)10-15/h3-11,23H,1-2H3. The smallest absolute Gasteiger partial charge is 0.273 e. The molecular weight excluding hydrogens is 378 g/mol. The number of halogens is 1. The zero-order valence-electron chi connectivity index (χ0n) is 13.9. The Morgan fingerprint density at radius 1 is 1.00 bits per heavy atom. The van der Waals surface area contributed by atoms with Crippen molar-refractivity contribution in [1.82, 2.24) is 14.6 Å². The molecule has 1 N–H and O–H groups in total. The van der Waals surface area contributed by atoms with Gasteiger partial charge in [-0.05, 0) is 37.6 Å². The molecule has 0 aliphatic rings. The molecule has 0 atom stereocenters. The van der Waals surface area contributed by atoms with Crippen LogP contribution in [0.1, 0.15) is 11.3 Å². The normalized spacial score (nSPS) is 11.2. The van der Waals surface area contributed by atoms with Crippen molar-refractivity contribution < 1.29 is 0 Å². The van der Waals surface area contributed by atoms with E-state index >= 15 is 0 Å². The monoisotopic (exact) mass is 393 g/mol. The Morgan fingerprint density at radius 3 is 2.52 bits per heavy atom. The molecule has 0 bridgehead atoms. The number of nitrogens with zero attached hydrogens (tertiary/aromatic N) is 2. The SMILES string of the molecule is Cc1cccc(-c2cc(=O)n3[nH]c(C)c(-c4cccc(Br)c4)c3n2)c1. The van der Waals surface area contributed by atoms with Gasteiger partial charge in [0.15, 0.2) is 5.65 Å². The Kier molecular flexibility index (Phi) is 3.81. The minimum absolute atomic E-state index is 0.120. The fourth-order valence-electron chi connectivity index (χ4n) is 3.09. The van der Waals surface area contributed by atoms with Gasteiger partial charge in [-0.2, -0.15) is 0 Å². The van der Waals surface area contributed by atoms with Crippen LogP contribution >= 0.6 is 15.9 Å². The lowest BCUT2D eigenvalue weighted by molar-refractivity contribution is 0.882. The van der Waals surface area contributed by atoms with Crippen LogP contribution < -0.4 is 5.56 Å². The highest BCUT2D eigenvalue weighted by molar-refractivity contribution is 9.10. The largest absolute Gasteiger partial charge is 0.293 e. The number of aromatic amines is 1. The first kappa shape index (κ1) is 15.8. The van der Waals surface area contributed by atoms with E-state index in [2.05, 4.69) is 21.0 Å². The Labute approximate surface area is 153 Å². The molecule has 0 fully saturated rings. The number of aromatic nitrogens is 3. The van der Waals surface area contributed by atoms with Crippen molar-refractivity contribution in [2.75, 3.05) is 0 Å². The summed E-state index contributed by atoms with van der Waals surface area (Å²) in [4.78, 5) is 17.4. The third-order valence-corrected chi connectivity index (χ3v) is 4.72. The maximum Gasteiger partial charge on any atom is 0.273 e. The first-order valence-electron chi connectivity index (χ1n) is 7.98. The second-order valence-corrected chi connectivity index (χ2v) is 7.05. The molecule has 0 aliphatic heterocycles. The highest BCUT2D eigenvalue weighted by atomic mass is 79.9. The van der Waals surface area contributed by atoms with Crippen LogP contribution in [-0.4, -0.2) is 14.6 Å². The molecule has 0 saturated carbocycles. The predicted octanol–water partition coefficient (Wildman–Crippen LogP) is 4.74. The van der Waals surface area contributed by atoms with Gasteiger partial charge in [0.2, 0.25) is 0 Å². The molecule has 0 unspecified atom stereocenters. The number of nitrogens with one attached hydrogen (secondary N) is 1. The summed E-state index contributed by atoms with van der Waals surface area (Å²) in [6, 6.07) is 17.6. The number of hydrogen-bond acceptors (Lipinski definition) is 2. The Balaban J connectivity index is 2.02. The number of hydrogen-bond donors (Lipinski definition) is 1. The van der Waals surface area contributed by atoms with Gasteiger partial charge in [0, 0.05) is 27.4 Å². The van der Waals surface area contributed by atoms with Gasteiger partial charge in [0.25, 0.3) is 5.56 Å². The Morgan fingerprint density at radius 2 is 1.76 bits per heavy atom. The quantitative estimate of drug-likeness (QED) is 0.534. The van der Waals surface area contributed by atoms with E-state index in [4.69, 9.17) is 4.98 Å². The summed E-state index contributed by atoms with van der Waals surface area (Å²) in [5.74, 6) is 0. The fraction of sp³-hybridized carbons (Fsp3) is 0.100. The van der Waals surface area contributed by atoms with Gasteiger partial charge in [0.05, 0.1) is 5.69 Å². The maximum atomic E-state index is 12.6. The minimum Gasteiger partial charge on any atom is -0.293 e. The number of fused-ring (bicyclic) bond motifs is 1. The average Bonchev–Trinajstić information content (AvgIpc) is 2.91. The van der Waals surface area contributed by atoms with E-state index < -0.39 is 0 Å². The van der Waals surface area contributed by atoms with Crippen molar-refractivity contribution in [2.24, 2.45) is 0 Å². The van der Waals surface area contributed by atoms with Crippen LogP contribution in [0.3, 0.4) is 0 Å². The van der Waals surface area contributed by atoms with E-state index in [0.717, 1.165) is 32.4 Å². The summed E-state index contributed by atoms with van der Waals surface area (Å²) < 4.78 is 2.49. The zero-order valence-corrected chi connectivity index (χ0v) is 15.5. The van der Waals surface area contributed by atoms with Gasteiger partial charge < -0.3 is 0 Å². The van der Waals surface area contributed by atoms with Gasteiger partial charge in [-0.15, -0.1) is 0 Å². The third kappa shape index (κ3) is 2.81. The molecule has 4 rings (SSSR count). The maximum absolute atomic E-state index is 12.6. The van der Waals surface area contributed by atoms with Crippen molar-refractivity contribution in [3.63, 3.8) is 0 Å². The second-order valence-electron chi connectivity index (χ2n) is 6.13. The number of rotatable bonds is 2. The Hall–Kier alpha value is -2.66. The van der Waals surface area contributed by atoms with E-state index in [0.29, 0.717) is 11.3 Å². The summed E-state index contributed by atoms with van der Waals surface area (Å²) >= 11 is 3.51. The van der Waals surface area contributed by atoms with Crippen LogP contribution in [0.25, 0.3) is 28.0 Å². The van der Waals surface area contributed by atoms with Crippen LogP contribution in [0.4, 0.5) is 0 Å². The molecule has 2 heterocycles. The summed E-state index contributed by atoms with van der Waals surface area (Å²) in [5.41, 5.74) is 6.14. The van der Waals surface area contributed by atoms with Crippen molar-refractivity contribution in [3.05, 3.63) is 80.7 Å². The van der Waals surface area contributed by atoms with Crippen molar-refractivity contribution in [2.45, 2.75) is 13.8 Å². The highest BCUT2D eigenvalue weighted by Gasteiger charge is 2.15. The first-order chi connectivity index (χ1) is 12.0. The van der Waals surface area contributed by atoms with Crippen LogP contribution in [0.2, 0.25) is 0 Å². The molecule has 5 heteroatoms. The molecule has 0 spiro atoms. The summed E-state index contributed by atoms with van der Waals surface area (Å²) in [6.45, 7) is 3.99. The lowest BCUT2D eigenvalue weighted by Gasteiger charge is -2.05. The third-order valence-electron chi connectivity index (χ3n) is 4.22. The molecule has 124 valence electrons. The number of aryl methyl sites for hydroxylation is 2. The molecular formula is C20H16BrN3O. The molecule has 25 heavy (non-hydrogen) atoms. The minimum atomic E-state index is -0.120. The van der Waals surface area contributed by atoms with E-state index in [1.54, 1.807) is 6.07 Å². The van der Waals surface area contributed by atoms with Crippen LogP contribution in [-0.2, 0) is 0 Å². The van der Waals surface area contributed by atoms with Gasteiger partial charge in [-0.1, -0.05) is 51.8 Å². The highest BCUT2D eigenvalue weighted by Crippen LogP contribution is 2.29. The van der Waals surface area contributed by atoms with Crippen LogP contribution in [0.15, 0.2) is 63.9 Å². The zero-order chi connectivity index (χ0) is 17.6. The molecule has 4 aromatic rings. The molecule has 0 amide bonds. The summed E-state index contributed by atoms with van der Waals surface area (Å²) in [7, 11) is 0. The predicted molar refractivity (Wildman–Crippen MR) is 104 cm³/mol. The van der Waals surface area contributed by atoms with E-state index in [1.165, 1.54) is 4.52 Å². The fourth-order valence-corrected chi connectivity index (χ4v) is 3.49. The molecule has 4 nitrogen and oxygen atoms in total. The van der Waals surface area contributed by atoms with E-state index in [9.17, 15) is 4.79 Å². The Bertz CT molecular complexity index is 1160. The van der Waals surface area contributed by atoms with Gasteiger partial charge in [0.1, 0.15) is 0 Å². The lowest BCUT2D eigenvalue weighted by Crippen LogP contribution is -2.14. The van der Waals surface area contributed by atoms with Crippen molar-refractivity contribution in [1.29, 1.82) is 0 Å². The molecule has 0 radical (unpaired) electrons. The number of H-pyrrole nitrogens is 1. The second kappa shape index (κ2) is 6.01. The molecule has 0 aliphatic carbocycles. The van der Waals surface area contributed by atoms with Gasteiger partial charge in [-0.3, -0.25) is 9.89 Å². The topological polar surface area (TPSA) is 50.2 Å². The van der Waals surface area contributed by atoms with Gasteiger partial charge in [-0.25, -0.2) is 9.50 Å². The molecule has 2 aromatic heterocycles. The molecule has 2 aromatic carbocycles. The lowest BCUT2D eigenvalue weighted by atomic mass is 10.1. The average molecular weight is 394 g/mol. The van der Waals surface area contributed by atoms with Crippen molar-refractivity contribution in [3.8, 4) is 22.4 Å². The molecule has 0 saturated heterocycles. The van der Waals surface area contributed by atoms with E-state index in [-0.39, 0.29) is 5.56 Å². The summed E-state index contributed by atoms with van der Waals surface area (Å²) in [6.07, 6.45) is 0. The number of benzene rings is 2. The van der Waals surface area contributed by atoms with Crippen molar-refractivity contribution >= 4 is 21.6 Å². The summed E-state index contributed by atoms with van der Waals surface area (Å²) in [5, 5.41) is 3.13. The van der Waals surface area contributed by atoms with Crippen LogP contribution in [0.5, 0.6) is 0 Å². The van der Waals surface area contributed by atoms with Crippen LogP contribution in [0, 0.1) is 13.8 Å².